The minimum Gasteiger partial charge on any atom is -0.352 e. The van der Waals surface area contributed by atoms with Crippen LogP contribution in [0.5, 0.6) is 0 Å². The molecule has 3 aromatic carbocycles. The van der Waals surface area contributed by atoms with Crippen LogP contribution in [0.25, 0.3) is 0 Å². The smallest absolute Gasteiger partial charge is 0.244 e. The van der Waals surface area contributed by atoms with E-state index in [0.717, 1.165) is 61.7 Å². The zero-order valence-electron chi connectivity index (χ0n) is 29.4. The highest BCUT2D eigenvalue weighted by Crippen LogP contribution is 2.60. The van der Waals surface area contributed by atoms with Gasteiger partial charge in [-0.1, -0.05) is 91.0 Å². The van der Waals surface area contributed by atoms with Crippen LogP contribution in [-0.4, -0.2) is 50.0 Å². The lowest BCUT2D eigenvalue weighted by atomic mass is 9.48. The van der Waals surface area contributed by atoms with Crippen LogP contribution in [-0.2, 0) is 38.0 Å². The van der Waals surface area contributed by atoms with Crippen LogP contribution in [0.3, 0.4) is 0 Å². The van der Waals surface area contributed by atoms with Gasteiger partial charge < -0.3 is 10.2 Å². The molecule has 0 spiro atoms. The van der Waals surface area contributed by atoms with E-state index < -0.39 is 28.5 Å². The lowest BCUT2D eigenvalue weighted by Gasteiger charge is -2.57. The third kappa shape index (κ3) is 8.13. The third-order valence-electron chi connectivity index (χ3n) is 12.1. The Morgan fingerprint density at radius 2 is 1.41 bits per heavy atom. The van der Waals surface area contributed by atoms with Crippen molar-refractivity contribution in [3.8, 4) is 0 Å². The molecule has 1 unspecified atom stereocenters. The number of rotatable bonds is 12. The molecule has 3 aromatic rings. The van der Waals surface area contributed by atoms with Crippen molar-refractivity contribution in [3.05, 3.63) is 99.5 Å². The van der Waals surface area contributed by atoms with Crippen LogP contribution < -0.4 is 9.62 Å². The van der Waals surface area contributed by atoms with E-state index in [1.54, 1.807) is 18.2 Å². The predicted octanol–water partition coefficient (Wildman–Crippen LogP) is 8.32. The Morgan fingerprint density at radius 1 is 0.824 bits per heavy atom. The quantitative estimate of drug-likeness (QED) is 0.202. The topological polar surface area (TPSA) is 86.8 Å². The first-order valence-corrected chi connectivity index (χ1v) is 21.2. The molecule has 0 radical (unpaired) electrons. The number of carbonyl (C=O) groups excluding carboxylic acids is 2. The summed E-state index contributed by atoms with van der Waals surface area (Å²) < 4.78 is 28.1. The van der Waals surface area contributed by atoms with Crippen molar-refractivity contribution >= 4 is 50.7 Å². The maximum atomic E-state index is 14.7. The number of hydrogen-bond donors (Lipinski definition) is 1. The second-order valence-electron chi connectivity index (χ2n) is 15.8. The first-order chi connectivity index (χ1) is 24.5. The Morgan fingerprint density at radius 3 is 1.98 bits per heavy atom. The van der Waals surface area contributed by atoms with E-state index in [9.17, 15) is 18.0 Å². The highest BCUT2D eigenvalue weighted by atomic mass is 35.5. The van der Waals surface area contributed by atoms with Gasteiger partial charge in [0.2, 0.25) is 21.8 Å². The minimum absolute atomic E-state index is 0.0189. The van der Waals surface area contributed by atoms with Gasteiger partial charge in [0.05, 0.1) is 11.9 Å². The van der Waals surface area contributed by atoms with E-state index in [1.165, 1.54) is 53.3 Å². The van der Waals surface area contributed by atoms with E-state index in [0.29, 0.717) is 21.3 Å². The molecule has 4 bridgehead atoms. The molecule has 5 fully saturated rings. The van der Waals surface area contributed by atoms with Gasteiger partial charge in [0, 0.05) is 34.6 Å². The highest BCUT2D eigenvalue weighted by Gasteiger charge is 2.51. The second-order valence-corrected chi connectivity index (χ2v) is 18.5. The Balaban J connectivity index is 1.20. The van der Waals surface area contributed by atoms with Crippen molar-refractivity contribution in [3.63, 3.8) is 0 Å². The zero-order chi connectivity index (χ0) is 35.8. The van der Waals surface area contributed by atoms with Gasteiger partial charge in [-0.25, -0.2) is 8.42 Å². The molecular weight excluding hydrogens is 701 g/mol. The molecule has 0 aromatic heterocycles. The summed E-state index contributed by atoms with van der Waals surface area (Å²) in [5.74, 6) is 1.59. The van der Waals surface area contributed by atoms with Gasteiger partial charge >= 0.3 is 0 Å². The number of amides is 2. The molecule has 1 N–H and O–H groups in total. The number of halogens is 2. The summed E-state index contributed by atoms with van der Waals surface area (Å²) in [4.78, 5) is 30.4. The first-order valence-electron chi connectivity index (χ1n) is 18.6. The van der Waals surface area contributed by atoms with Gasteiger partial charge in [0.15, 0.2) is 0 Å². The number of anilines is 1. The molecule has 5 aliphatic carbocycles. The zero-order valence-corrected chi connectivity index (χ0v) is 31.7. The van der Waals surface area contributed by atoms with Crippen molar-refractivity contribution in [2.75, 3.05) is 17.1 Å². The molecule has 10 heteroatoms. The van der Waals surface area contributed by atoms with Crippen LogP contribution in [0.2, 0.25) is 10.0 Å². The van der Waals surface area contributed by atoms with E-state index >= 15 is 0 Å². The molecule has 0 aliphatic heterocycles. The molecule has 51 heavy (non-hydrogen) atoms. The Hall–Kier alpha value is -3.07. The number of benzene rings is 3. The lowest BCUT2D eigenvalue weighted by molar-refractivity contribution is -0.140. The SMILES string of the molecule is CS(=O)(=O)N(CC(=O)N(Cc1c(Cl)cccc1Cl)C(Cc1ccccc1)C(=O)NC1CCCCC1)c1ccc(C23CC4CC(CC(C4)C2)C3)cc1. The summed E-state index contributed by atoms with van der Waals surface area (Å²) in [6, 6.07) is 21.7. The van der Waals surface area contributed by atoms with Crippen molar-refractivity contribution in [1.29, 1.82) is 0 Å². The molecule has 272 valence electrons. The number of sulfonamides is 1. The number of nitrogens with one attached hydrogen (secondary N) is 1. The molecular formula is C41H49Cl2N3O4S. The lowest BCUT2D eigenvalue weighted by Crippen LogP contribution is -2.55. The summed E-state index contributed by atoms with van der Waals surface area (Å²) in [5, 5.41) is 3.97. The fraction of sp³-hybridized carbons (Fsp3) is 0.512. The summed E-state index contributed by atoms with van der Waals surface area (Å²) in [6.07, 6.45) is 14.0. The molecule has 1 atom stereocenters. The van der Waals surface area contributed by atoms with Gasteiger partial charge in [-0.05, 0) is 110 Å². The van der Waals surface area contributed by atoms with Crippen LogP contribution in [0, 0.1) is 17.8 Å². The van der Waals surface area contributed by atoms with Crippen molar-refractivity contribution < 1.29 is 18.0 Å². The van der Waals surface area contributed by atoms with Crippen LogP contribution in [0.1, 0.15) is 87.3 Å². The maximum Gasteiger partial charge on any atom is 0.244 e. The van der Waals surface area contributed by atoms with Gasteiger partial charge in [0.25, 0.3) is 0 Å². The number of nitrogens with zero attached hydrogens (tertiary/aromatic N) is 2. The fourth-order valence-electron chi connectivity index (χ4n) is 10.0. The van der Waals surface area contributed by atoms with E-state index in [1.807, 2.05) is 42.5 Å². The Bertz CT molecular complexity index is 1770. The van der Waals surface area contributed by atoms with Gasteiger partial charge in [-0.2, -0.15) is 0 Å². The maximum absolute atomic E-state index is 14.7. The molecule has 8 rings (SSSR count). The van der Waals surface area contributed by atoms with E-state index in [-0.39, 0.29) is 30.3 Å². The fourth-order valence-corrected chi connectivity index (χ4v) is 11.4. The summed E-state index contributed by atoms with van der Waals surface area (Å²) in [6.45, 7) is -0.533. The average Bonchev–Trinajstić information content (AvgIpc) is 3.09. The highest BCUT2D eigenvalue weighted by molar-refractivity contribution is 7.92. The van der Waals surface area contributed by atoms with Crippen molar-refractivity contribution in [2.45, 2.75) is 101 Å². The van der Waals surface area contributed by atoms with Crippen LogP contribution >= 0.6 is 23.2 Å². The molecule has 5 saturated carbocycles. The minimum atomic E-state index is -3.89. The normalized spacial score (nSPS) is 25.0. The second kappa shape index (κ2) is 15.1. The standard InChI is InChI=1S/C41H49Cl2N3O4S/c1-51(49,50)46(34-17-15-32(16-18-34)41-23-29-19-30(24-41)21-31(20-29)25-41)27-39(47)45(26-35-36(42)13-8-14-37(35)43)38(22-28-9-4-2-5-10-28)40(48)44-33-11-6-3-7-12-33/h2,4-5,8-10,13-18,29-31,33,38H,3,6-7,11-12,19-27H2,1H3,(H,44,48). The van der Waals surface area contributed by atoms with Crippen LogP contribution in [0.4, 0.5) is 5.69 Å². The number of hydrogen-bond acceptors (Lipinski definition) is 4. The van der Waals surface area contributed by atoms with Gasteiger partial charge in [0.1, 0.15) is 12.6 Å². The summed E-state index contributed by atoms with van der Waals surface area (Å²) in [7, 11) is -3.89. The Kier molecular flexibility index (Phi) is 10.8. The third-order valence-corrected chi connectivity index (χ3v) is 13.9. The average molecular weight is 751 g/mol. The van der Waals surface area contributed by atoms with Gasteiger partial charge in [-0.3, -0.25) is 13.9 Å². The molecule has 7 nitrogen and oxygen atoms in total. The molecule has 0 saturated heterocycles. The van der Waals surface area contributed by atoms with E-state index in [2.05, 4.69) is 17.4 Å². The largest absolute Gasteiger partial charge is 0.352 e. The van der Waals surface area contributed by atoms with Gasteiger partial charge in [-0.15, -0.1) is 0 Å². The summed E-state index contributed by atoms with van der Waals surface area (Å²) >= 11 is 13.3. The van der Waals surface area contributed by atoms with Crippen molar-refractivity contribution in [1.82, 2.24) is 10.2 Å². The first kappa shape index (κ1) is 36.3. The Labute approximate surface area is 313 Å². The predicted molar refractivity (Wildman–Crippen MR) is 204 cm³/mol. The molecule has 5 aliphatic rings. The summed E-state index contributed by atoms with van der Waals surface area (Å²) in [5.41, 5.74) is 3.26. The molecule has 2 amide bonds. The molecule has 0 heterocycles. The number of carbonyl (C=O) groups is 2. The van der Waals surface area contributed by atoms with Crippen molar-refractivity contribution in [2.24, 2.45) is 17.8 Å². The van der Waals surface area contributed by atoms with Crippen LogP contribution in [0.15, 0.2) is 72.8 Å². The monoisotopic (exact) mass is 749 g/mol. The van der Waals surface area contributed by atoms with E-state index in [4.69, 9.17) is 23.2 Å².